The summed E-state index contributed by atoms with van der Waals surface area (Å²) in [5.41, 5.74) is 3.85. The van der Waals surface area contributed by atoms with Crippen LogP contribution in [-0.2, 0) is 6.54 Å². The zero-order chi connectivity index (χ0) is 22.1. The van der Waals surface area contributed by atoms with E-state index in [-0.39, 0.29) is 17.1 Å². The maximum Gasteiger partial charge on any atom is 0.170 e. The van der Waals surface area contributed by atoms with Crippen LogP contribution in [0.15, 0.2) is 91.3 Å². The van der Waals surface area contributed by atoms with Gasteiger partial charge in [-0.05, 0) is 60.2 Å². The van der Waals surface area contributed by atoms with Crippen LogP contribution >= 0.6 is 23.8 Å². The summed E-state index contributed by atoms with van der Waals surface area (Å²) in [7, 11) is 0. The molecule has 1 fully saturated rings. The van der Waals surface area contributed by atoms with Gasteiger partial charge in [0.05, 0.1) is 22.8 Å². The molecule has 0 aliphatic carbocycles. The number of hydrogen-bond acceptors (Lipinski definition) is 2. The van der Waals surface area contributed by atoms with E-state index in [2.05, 4.69) is 33.4 Å². The van der Waals surface area contributed by atoms with Crippen molar-refractivity contribution in [2.24, 2.45) is 0 Å². The lowest BCUT2D eigenvalue weighted by Crippen LogP contribution is -2.30. The summed E-state index contributed by atoms with van der Waals surface area (Å²) in [6, 6.07) is 24.6. The number of thiocarbonyl (C=S) groups is 1. The van der Waals surface area contributed by atoms with Crippen molar-refractivity contribution in [3.63, 3.8) is 0 Å². The maximum absolute atomic E-state index is 13.8. The van der Waals surface area contributed by atoms with Gasteiger partial charge in [0.25, 0.3) is 0 Å². The molecule has 0 radical (unpaired) electrons. The van der Waals surface area contributed by atoms with Gasteiger partial charge in [-0.25, -0.2) is 4.39 Å². The molecule has 0 amide bonds. The van der Waals surface area contributed by atoms with Gasteiger partial charge in [-0.1, -0.05) is 48.0 Å². The summed E-state index contributed by atoms with van der Waals surface area (Å²) in [6.45, 7) is 0.649. The third kappa shape index (κ3) is 3.87. The Balaban J connectivity index is 1.61. The molecule has 7 heteroatoms. The average Bonchev–Trinajstić information content (AvgIpc) is 3.42. The van der Waals surface area contributed by atoms with Gasteiger partial charge >= 0.3 is 0 Å². The van der Waals surface area contributed by atoms with Gasteiger partial charge in [-0.15, -0.1) is 0 Å². The van der Waals surface area contributed by atoms with E-state index in [4.69, 9.17) is 23.8 Å². The molecule has 5 rings (SSSR count). The number of benzene rings is 2. The minimum Gasteiger partial charge on any atom is -0.352 e. The number of hydrogen-bond donors (Lipinski definition) is 1. The van der Waals surface area contributed by atoms with E-state index in [1.54, 1.807) is 18.3 Å². The number of halogens is 2. The van der Waals surface area contributed by atoms with Crippen molar-refractivity contribution >= 4 is 28.9 Å². The molecule has 4 nitrogen and oxygen atoms in total. The molecule has 3 heterocycles. The van der Waals surface area contributed by atoms with E-state index < -0.39 is 5.82 Å². The van der Waals surface area contributed by atoms with Crippen LogP contribution in [0, 0.1) is 5.82 Å². The van der Waals surface area contributed by atoms with Gasteiger partial charge in [0, 0.05) is 30.3 Å². The Bertz CT molecular complexity index is 1250. The molecule has 2 unspecified atom stereocenters. The molecule has 2 aromatic heterocycles. The highest BCUT2D eigenvalue weighted by molar-refractivity contribution is 7.80. The fourth-order valence-electron chi connectivity index (χ4n) is 4.18. The Morgan fingerprint density at radius 3 is 2.56 bits per heavy atom. The molecule has 2 aromatic carbocycles. The quantitative estimate of drug-likeness (QED) is 0.378. The largest absolute Gasteiger partial charge is 0.352 e. The first kappa shape index (κ1) is 20.7. The normalized spacial score (nSPS) is 18.1. The van der Waals surface area contributed by atoms with Gasteiger partial charge in [-0.3, -0.25) is 4.98 Å². The van der Waals surface area contributed by atoms with Gasteiger partial charge in [0.15, 0.2) is 5.11 Å². The molecule has 1 aliphatic heterocycles. The summed E-state index contributed by atoms with van der Waals surface area (Å²) in [6.07, 6.45) is 3.74. The second-order valence-electron chi connectivity index (χ2n) is 7.64. The monoisotopic (exact) mass is 462 g/mol. The minimum absolute atomic E-state index is 0.0876. The lowest BCUT2D eigenvalue weighted by atomic mass is 10.0. The van der Waals surface area contributed by atoms with Crippen molar-refractivity contribution in [3.8, 4) is 5.69 Å². The van der Waals surface area contributed by atoms with Gasteiger partial charge in [0.2, 0.25) is 0 Å². The van der Waals surface area contributed by atoms with Crippen molar-refractivity contribution < 1.29 is 4.39 Å². The molecule has 0 bridgehead atoms. The average molecular weight is 463 g/mol. The van der Waals surface area contributed by atoms with Crippen LogP contribution in [0.4, 0.5) is 4.39 Å². The topological polar surface area (TPSA) is 33.1 Å². The van der Waals surface area contributed by atoms with Crippen molar-refractivity contribution in [1.82, 2.24) is 19.8 Å². The second-order valence-corrected chi connectivity index (χ2v) is 8.44. The fraction of sp³-hybridized carbons (Fsp3) is 0.120. The SMILES string of the molecule is Fc1ccc(-n2cccc2C2C(c3ccccn3)NC(=S)N2Cc2ccccc2)cc1Cl. The predicted octanol–water partition coefficient (Wildman–Crippen LogP) is 5.84. The van der Waals surface area contributed by atoms with E-state index in [0.717, 1.165) is 22.6 Å². The smallest absolute Gasteiger partial charge is 0.170 e. The molecule has 0 saturated carbocycles. The zero-order valence-electron chi connectivity index (χ0n) is 17.0. The van der Waals surface area contributed by atoms with E-state index in [1.165, 1.54) is 6.07 Å². The van der Waals surface area contributed by atoms with Crippen LogP contribution in [0.5, 0.6) is 0 Å². The fourth-order valence-corrected chi connectivity index (χ4v) is 4.66. The lowest BCUT2D eigenvalue weighted by molar-refractivity contribution is 0.302. The summed E-state index contributed by atoms with van der Waals surface area (Å²) < 4.78 is 15.8. The summed E-state index contributed by atoms with van der Waals surface area (Å²) >= 11 is 11.9. The van der Waals surface area contributed by atoms with E-state index in [1.807, 2.05) is 53.2 Å². The van der Waals surface area contributed by atoms with Crippen LogP contribution in [0.25, 0.3) is 5.69 Å². The summed E-state index contributed by atoms with van der Waals surface area (Å²) in [4.78, 5) is 6.78. The Hall–Kier alpha value is -3.22. The van der Waals surface area contributed by atoms with Crippen LogP contribution < -0.4 is 5.32 Å². The Morgan fingerprint density at radius 2 is 1.81 bits per heavy atom. The molecule has 1 aliphatic rings. The third-order valence-electron chi connectivity index (χ3n) is 5.66. The zero-order valence-corrected chi connectivity index (χ0v) is 18.6. The molecule has 1 saturated heterocycles. The van der Waals surface area contributed by atoms with Gasteiger partial charge < -0.3 is 14.8 Å². The highest BCUT2D eigenvalue weighted by atomic mass is 35.5. The number of aromatic nitrogens is 2. The Morgan fingerprint density at radius 1 is 1.00 bits per heavy atom. The molecule has 0 spiro atoms. The van der Waals surface area contributed by atoms with Crippen LogP contribution in [0.1, 0.15) is 29.0 Å². The number of nitrogens with one attached hydrogen (secondary N) is 1. The first-order chi connectivity index (χ1) is 15.6. The number of pyridine rings is 1. The van der Waals surface area contributed by atoms with Crippen LogP contribution in [0.3, 0.4) is 0 Å². The Labute approximate surface area is 196 Å². The maximum atomic E-state index is 13.8. The van der Waals surface area contributed by atoms with Crippen LogP contribution in [0.2, 0.25) is 5.02 Å². The van der Waals surface area contributed by atoms with E-state index in [0.29, 0.717) is 11.7 Å². The van der Waals surface area contributed by atoms with E-state index >= 15 is 0 Å². The summed E-state index contributed by atoms with van der Waals surface area (Å²) in [5, 5.41) is 4.23. The van der Waals surface area contributed by atoms with Crippen molar-refractivity contribution in [2.45, 2.75) is 18.6 Å². The lowest BCUT2D eigenvalue weighted by Gasteiger charge is -2.29. The highest BCUT2D eigenvalue weighted by Crippen LogP contribution is 2.40. The molecule has 2 atom stereocenters. The molecule has 160 valence electrons. The Kier molecular flexibility index (Phi) is 5.64. The van der Waals surface area contributed by atoms with Crippen molar-refractivity contribution in [2.75, 3.05) is 0 Å². The van der Waals surface area contributed by atoms with Crippen molar-refractivity contribution in [3.05, 3.63) is 119 Å². The first-order valence-corrected chi connectivity index (χ1v) is 11.0. The van der Waals surface area contributed by atoms with Crippen LogP contribution in [-0.4, -0.2) is 19.6 Å². The molecular formula is C25H20ClFN4S. The molecule has 4 aromatic rings. The first-order valence-electron chi connectivity index (χ1n) is 10.3. The number of rotatable bonds is 5. The summed E-state index contributed by atoms with van der Waals surface area (Å²) in [5.74, 6) is -0.440. The van der Waals surface area contributed by atoms with Gasteiger partial charge in [-0.2, -0.15) is 0 Å². The predicted molar refractivity (Wildman–Crippen MR) is 128 cm³/mol. The molecule has 1 N–H and O–H groups in total. The standard InChI is InChI=1S/C25H20ClFN4S/c26-19-15-18(11-12-20(19)27)30-14-6-10-22(30)24-23(21-9-4-5-13-28-21)29-25(32)31(24)16-17-7-2-1-3-8-17/h1-15,23-24H,16H2,(H,29,32). The second kappa shape index (κ2) is 8.73. The number of nitrogens with zero attached hydrogens (tertiary/aromatic N) is 3. The van der Waals surface area contributed by atoms with E-state index in [9.17, 15) is 4.39 Å². The van der Waals surface area contributed by atoms with Gasteiger partial charge in [0.1, 0.15) is 5.82 Å². The molecule has 32 heavy (non-hydrogen) atoms. The molecular weight excluding hydrogens is 443 g/mol. The highest BCUT2D eigenvalue weighted by Gasteiger charge is 2.41. The van der Waals surface area contributed by atoms with Crippen molar-refractivity contribution in [1.29, 1.82) is 0 Å². The third-order valence-corrected chi connectivity index (χ3v) is 6.30. The minimum atomic E-state index is -0.440.